The molecular weight excluding hydrogens is 203 g/mol. The van der Waals surface area contributed by atoms with E-state index >= 15 is 0 Å². The second-order valence-electron chi connectivity index (χ2n) is 2.26. The molecule has 1 aromatic rings. The lowest BCUT2D eigenvalue weighted by molar-refractivity contribution is -0.115. The van der Waals surface area contributed by atoms with Crippen LogP contribution in [-0.2, 0) is 0 Å². The first-order chi connectivity index (χ1) is 5.97. The highest BCUT2D eigenvalue weighted by atomic mass is 32.1. The van der Waals surface area contributed by atoms with Crippen LogP contribution in [0.1, 0.15) is 0 Å². The number of anilines is 1. The lowest BCUT2D eigenvalue weighted by atomic mass is 10.5. The first kappa shape index (κ1) is 9.97. The van der Waals surface area contributed by atoms with Gasteiger partial charge in [0.15, 0.2) is 4.77 Å². The van der Waals surface area contributed by atoms with Gasteiger partial charge in [-0.1, -0.05) is 0 Å². The van der Waals surface area contributed by atoms with E-state index in [2.05, 4.69) is 27.5 Å². The molecule has 1 rings (SSSR count). The second-order valence-corrected chi connectivity index (χ2v) is 2.64. The number of nitrogens with zero attached hydrogens (tertiary/aromatic N) is 1. The number of H-pyrrole nitrogens is 1. The molecule has 0 saturated carbocycles. The van der Waals surface area contributed by atoms with E-state index in [1.54, 1.807) is 0 Å². The van der Waals surface area contributed by atoms with E-state index in [4.69, 9.17) is 0 Å². The minimum atomic E-state index is -4.24. The van der Waals surface area contributed by atoms with Crippen LogP contribution in [0.2, 0.25) is 0 Å². The predicted octanol–water partition coefficient (Wildman–Crippen LogP) is 2.11. The van der Waals surface area contributed by atoms with Gasteiger partial charge < -0.3 is 10.3 Å². The number of aromatic amines is 1. The Hall–Kier alpha value is -1.11. The molecule has 3 nitrogen and oxygen atoms in total. The van der Waals surface area contributed by atoms with Crippen molar-refractivity contribution in [2.75, 3.05) is 11.9 Å². The van der Waals surface area contributed by atoms with Crippen LogP contribution in [0.15, 0.2) is 12.3 Å². The van der Waals surface area contributed by atoms with E-state index in [1.807, 2.05) is 0 Å². The van der Waals surface area contributed by atoms with Crippen LogP contribution in [0.4, 0.5) is 19.0 Å². The van der Waals surface area contributed by atoms with Gasteiger partial charge in [-0.25, -0.2) is 4.98 Å². The maximum atomic E-state index is 11.7. The summed E-state index contributed by atoms with van der Waals surface area (Å²) >= 11 is 4.62. The molecule has 0 aliphatic heterocycles. The van der Waals surface area contributed by atoms with E-state index in [1.165, 1.54) is 12.3 Å². The Morgan fingerprint density at radius 1 is 1.54 bits per heavy atom. The van der Waals surface area contributed by atoms with Gasteiger partial charge in [-0.05, 0) is 18.3 Å². The minimum absolute atomic E-state index is 0.146. The van der Waals surface area contributed by atoms with Crippen LogP contribution in [0.25, 0.3) is 0 Å². The molecule has 0 spiro atoms. The largest absolute Gasteiger partial charge is 0.405 e. The number of aromatic nitrogens is 2. The lowest BCUT2D eigenvalue weighted by Crippen LogP contribution is -2.21. The van der Waals surface area contributed by atoms with Crippen molar-refractivity contribution in [1.29, 1.82) is 0 Å². The van der Waals surface area contributed by atoms with Crippen molar-refractivity contribution in [3.05, 3.63) is 17.0 Å². The Bertz CT molecular complexity index is 332. The summed E-state index contributed by atoms with van der Waals surface area (Å²) in [7, 11) is 0. The fourth-order valence-electron chi connectivity index (χ4n) is 0.667. The summed E-state index contributed by atoms with van der Waals surface area (Å²) in [5, 5.41) is 2.14. The smallest absolute Gasteiger partial charge is 0.363 e. The summed E-state index contributed by atoms with van der Waals surface area (Å²) < 4.78 is 35.3. The van der Waals surface area contributed by atoms with Crippen LogP contribution in [0.5, 0.6) is 0 Å². The highest BCUT2D eigenvalue weighted by molar-refractivity contribution is 7.71. The first-order valence-electron chi connectivity index (χ1n) is 3.33. The molecule has 0 aliphatic rings. The van der Waals surface area contributed by atoms with E-state index in [0.717, 1.165) is 0 Å². The van der Waals surface area contributed by atoms with E-state index in [-0.39, 0.29) is 10.6 Å². The first-order valence-corrected chi connectivity index (χ1v) is 3.74. The fourth-order valence-corrected chi connectivity index (χ4v) is 0.838. The van der Waals surface area contributed by atoms with Gasteiger partial charge >= 0.3 is 6.18 Å². The molecule has 0 atom stereocenters. The maximum absolute atomic E-state index is 11.7. The van der Waals surface area contributed by atoms with E-state index in [0.29, 0.717) is 0 Å². The molecule has 0 fully saturated rings. The van der Waals surface area contributed by atoms with Crippen molar-refractivity contribution >= 4 is 18.0 Å². The Morgan fingerprint density at radius 3 is 2.77 bits per heavy atom. The summed E-state index contributed by atoms with van der Waals surface area (Å²) in [6.07, 6.45) is -2.91. The highest BCUT2D eigenvalue weighted by Crippen LogP contribution is 2.14. The summed E-state index contributed by atoms with van der Waals surface area (Å²) in [5.41, 5.74) is 0. The minimum Gasteiger partial charge on any atom is -0.363 e. The molecule has 72 valence electrons. The number of halogens is 3. The van der Waals surface area contributed by atoms with Crippen molar-refractivity contribution in [3.63, 3.8) is 0 Å². The maximum Gasteiger partial charge on any atom is 0.405 e. The molecular formula is C6H6F3N3S. The molecule has 0 bridgehead atoms. The molecule has 1 heterocycles. The van der Waals surface area contributed by atoms with Gasteiger partial charge in [0.2, 0.25) is 0 Å². The van der Waals surface area contributed by atoms with Crippen molar-refractivity contribution in [2.45, 2.75) is 6.18 Å². The fraction of sp³-hybridized carbons (Fsp3) is 0.333. The number of hydrogen-bond acceptors (Lipinski definition) is 3. The monoisotopic (exact) mass is 209 g/mol. The Kier molecular flexibility index (Phi) is 2.86. The molecule has 0 saturated heterocycles. The zero-order chi connectivity index (χ0) is 9.90. The van der Waals surface area contributed by atoms with Gasteiger partial charge in [-0.3, -0.25) is 0 Å². The Balaban J connectivity index is 2.60. The summed E-state index contributed by atoms with van der Waals surface area (Å²) in [4.78, 5) is 6.09. The van der Waals surface area contributed by atoms with Crippen molar-refractivity contribution in [2.24, 2.45) is 0 Å². The van der Waals surface area contributed by atoms with Gasteiger partial charge in [0.1, 0.15) is 12.4 Å². The third-order valence-electron chi connectivity index (χ3n) is 1.15. The van der Waals surface area contributed by atoms with Crippen LogP contribution in [0.3, 0.4) is 0 Å². The quantitative estimate of drug-likeness (QED) is 0.733. The van der Waals surface area contributed by atoms with Gasteiger partial charge in [0.05, 0.1) is 0 Å². The summed E-state index contributed by atoms with van der Waals surface area (Å²) in [5.74, 6) is 0.206. The van der Waals surface area contributed by atoms with Crippen molar-refractivity contribution in [1.82, 2.24) is 9.97 Å². The van der Waals surface area contributed by atoms with Crippen LogP contribution < -0.4 is 5.32 Å². The average Bonchev–Trinajstić information content (AvgIpc) is 2.00. The van der Waals surface area contributed by atoms with Gasteiger partial charge in [-0.2, -0.15) is 13.2 Å². The van der Waals surface area contributed by atoms with E-state index in [9.17, 15) is 13.2 Å². The van der Waals surface area contributed by atoms with Crippen molar-refractivity contribution in [3.8, 4) is 0 Å². The molecule has 1 aromatic heterocycles. The number of rotatable bonds is 2. The Labute approximate surface area is 77.0 Å². The molecule has 7 heteroatoms. The predicted molar refractivity (Wildman–Crippen MR) is 44.0 cm³/mol. The number of hydrogen-bond donors (Lipinski definition) is 2. The number of alkyl halides is 3. The molecule has 0 amide bonds. The molecule has 0 aromatic carbocycles. The highest BCUT2D eigenvalue weighted by Gasteiger charge is 2.26. The second kappa shape index (κ2) is 3.73. The van der Waals surface area contributed by atoms with Crippen LogP contribution in [0, 0.1) is 4.77 Å². The molecule has 2 N–H and O–H groups in total. The molecule has 0 radical (unpaired) electrons. The third-order valence-corrected chi connectivity index (χ3v) is 1.36. The van der Waals surface area contributed by atoms with Crippen LogP contribution >= 0.6 is 12.2 Å². The van der Waals surface area contributed by atoms with E-state index < -0.39 is 12.7 Å². The van der Waals surface area contributed by atoms with Crippen LogP contribution in [-0.4, -0.2) is 22.7 Å². The summed E-state index contributed by atoms with van der Waals surface area (Å²) in [6, 6.07) is 1.38. The standard InChI is InChI=1S/C6H6F3N3S/c7-6(8,9)3-11-4-1-2-10-5(13)12-4/h1-2H,3H2,(H2,10,11,12,13). The lowest BCUT2D eigenvalue weighted by Gasteiger charge is -2.08. The van der Waals surface area contributed by atoms with Gasteiger partial charge in [0, 0.05) is 6.20 Å². The topological polar surface area (TPSA) is 40.7 Å². The zero-order valence-corrected chi connectivity index (χ0v) is 7.17. The van der Waals surface area contributed by atoms with Crippen molar-refractivity contribution < 1.29 is 13.2 Å². The number of nitrogens with one attached hydrogen (secondary N) is 2. The molecule has 0 unspecified atom stereocenters. The summed E-state index contributed by atoms with van der Waals surface area (Å²) in [6.45, 7) is -1.09. The van der Waals surface area contributed by atoms with Gasteiger partial charge in [-0.15, -0.1) is 0 Å². The Morgan fingerprint density at radius 2 is 2.23 bits per heavy atom. The SMILES string of the molecule is FC(F)(F)CNc1ccnc(=S)[nH]1. The zero-order valence-electron chi connectivity index (χ0n) is 6.35. The third kappa shape index (κ3) is 3.88. The molecule has 13 heavy (non-hydrogen) atoms. The molecule has 0 aliphatic carbocycles. The normalized spacial score (nSPS) is 11.3. The van der Waals surface area contributed by atoms with Gasteiger partial charge in [0.25, 0.3) is 0 Å². The average molecular weight is 209 g/mol.